The molecule has 1 N–H and O–H groups in total. The Kier molecular flexibility index (Phi) is 4.45. The van der Waals surface area contributed by atoms with Crippen molar-refractivity contribution in [1.29, 1.82) is 5.26 Å². The zero-order chi connectivity index (χ0) is 15.5. The van der Waals surface area contributed by atoms with Crippen LogP contribution in [-0.2, 0) is 12.0 Å². The molecule has 1 atom stereocenters. The molecule has 0 amide bonds. The van der Waals surface area contributed by atoms with E-state index in [-0.39, 0.29) is 0 Å². The first-order valence-corrected chi connectivity index (χ1v) is 7.26. The Morgan fingerprint density at radius 2 is 1.76 bits per heavy atom. The summed E-state index contributed by atoms with van der Waals surface area (Å²) in [7, 11) is 0. The molecule has 2 heteroatoms. The molecule has 0 radical (unpaired) electrons. The van der Waals surface area contributed by atoms with Crippen molar-refractivity contribution in [3.63, 3.8) is 0 Å². The summed E-state index contributed by atoms with van der Waals surface area (Å²) >= 11 is 0. The third-order valence-corrected chi connectivity index (χ3v) is 3.71. The van der Waals surface area contributed by atoms with Gasteiger partial charge in [-0.1, -0.05) is 50.2 Å². The second-order valence-electron chi connectivity index (χ2n) is 6.06. The Balaban J connectivity index is 2.35. The third-order valence-electron chi connectivity index (χ3n) is 3.71. The van der Waals surface area contributed by atoms with Crippen LogP contribution in [0.3, 0.4) is 0 Å². The molecule has 2 rings (SSSR count). The summed E-state index contributed by atoms with van der Waals surface area (Å²) < 4.78 is 0. The van der Waals surface area contributed by atoms with Crippen molar-refractivity contribution in [3.8, 4) is 6.07 Å². The van der Waals surface area contributed by atoms with Crippen molar-refractivity contribution in [2.24, 2.45) is 5.92 Å². The average molecular weight is 279 g/mol. The van der Waals surface area contributed by atoms with E-state index in [2.05, 4.69) is 32.0 Å². The predicted octanol–water partition coefficient (Wildman–Crippen LogP) is 4.01. The minimum absolute atomic E-state index is 0.583. The highest BCUT2D eigenvalue weighted by molar-refractivity contribution is 5.40. The summed E-state index contributed by atoms with van der Waals surface area (Å²) in [6, 6.07) is 17.3. The minimum atomic E-state index is -1.05. The lowest BCUT2D eigenvalue weighted by molar-refractivity contribution is 0.102. The number of rotatable bonds is 4. The first kappa shape index (κ1) is 15.3. The second-order valence-corrected chi connectivity index (χ2v) is 6.06. The van der Waals surface area contributed by atoms with Gasteiger partial charge < -0.3 is 5.11 Å². The van der Waals surface area contributed by atoms with Crippen LogP contribution in [0.15, 0.2) is 48.5 Å². The Hall–Kier alpha value is -2.11. The van der Waals surface area contributed by atoms with Crippen LogP contribution in [-0.4, -0.2) is 5.11 Å². The molecule has 0 aliphatic rings. The van der Waals surface area contributed by atoms with E-state index in [4.69, 9.17) is 5.26 Å². The summed E-state index contributed by atoms with van der Waals surface area (Å²) in [4.78, 5) is 0. The molecule has 0 aromatic heterocycles. The molecule has 0 aliphatic heterocycles. The highest BCUT2D eigenvalue weighted by Crippen LogP contribution is 2.30. The zero-order valence-electron chi connectivity index (χ0n) is 12.8. The first-order chi connectivity index (χ1) is 9.93. The molecule has 0 spiro atoms. The van der Waals surface area contributed by atoms with Crippen LogP contribution in [0.4, 0.5) is 0 Å². The Labute approximate surface area is 126 Å². The van der Waals surface area contributed by atoms with Crippen LogP contribution in [0, 0.1) is 17.2 Å². The van der Waals surface area contributed by atoms with Gasteiger partial charge in [0.25, 0.3) is 0 Å². The van der Waals surface area contributed by atoms with Crippen LogP contribution in [0.2, 0.25) is 0 Å². The van der Waals surface area contributed by atoms with Gasteiger partial charge >= 0.3 is 0 Å². The van der Waals surface area contributed by atoms with E-state index in [0.717, 1.165) is 17.5 Å². The zero-order valence-corrected chi connectivity index (χ0v) is 12.8. The lowest BCUT2D eigenvalue weighted by Crippen LogP contribution is -2.23. The topological polar surface area (TPSA) is 44.0 Å². The Bertz CT molecular complexity index is 648. The maximum absolute atomic E-state index is 10.9. The highest BCUT2D eigenvalue weighted by Gasteiger charge is 2.25. The minimum Gasteiger partial charge on any atom is -0.381 e. The smallest absolute Gasteiger partial charge is 0.112 e. The van der Waals surface area contributed by atoms with Crippen molar-refractivity contribution in [1.82, 2.24) is 0 Å². The SMILES string of the molecule is CC(C)Cc1cccc(C(C)(O)c2ccc(C#N)cc2)c1. The van der Waals surface area contributed by atoms with Gasteiger partial charge in [-0.15, -0.1) is 0 Å². The van der Waals surface area contributed by atoms with Gasteiger partial charge in [-0.3, -0.25) is 0 Å². The Morgan fingerprint density at radius 3 is 2.33 bits per heavy atom. The number of hydrogen-bond donors (Lipinski definition) is 1. The van der Waals surface area contributed by atoms with Crippen molar-refractivity contribution < 1.29 is 5.11 Å². The fraction of sp³-hybridized carbons (Fsp3) is 0.316. The van der Waals surface area contributed by atoms with Crippen molar-refractivity contribution in [2.75, 3.05) is 0 Å². The monoisotopic (exact) mass is 279 g/mol. The third kappa shape index (κ3) is 3.51. The molecular weight excluding hydrogens is 258 g/mol. The molecule has 0 saturated carbocycles. The Morgan fingerprint density at radius 1 is 1.10 bits per heavy atom. The number of nitrogens with zero attached hydrogens (tertiary/aromatic N) is 1. The molecule has 0 aliphatic carbocycles. The first-order valence-electron chi connectivity index (χ1n) is 7.26. The number of hydrogen-bond acceptors (Lipinski definition) is 2. The second kappa shape index (κ2) is 6.11. The van der Waals surface area contributed by atoms with E-state index in [0.29, 0.717) is 11.5 Å². The molecule has 0 fully saturated rings. The largest absolute Gasteiger partial charge is 0.381 e. The summed E-state index contributed by atoms with van der Waals surface area (Å²) in [5.74, 6) is 0.583. The van der Waals surface area contributed by atoms with Crippen molar-refractivity contribution >= 4 is 0 Å². The van der Waals surface area contributed by atoms with Crippen LogP contribution in [0.1, 0.15) is 43.0 Å². The van der Waals surface area contributed by atoms with Gasteiger partial charge in [-0.05, 0) is 48.1 Å². The van der Waals surface area contributed by atoms with E-state index in [9.17, 15) is 5.11 Å². The lowest BCUT2D eigenvalue weighted by Gasteiger charge is -2.25. The predicted molar refractivity (Wildman–Crippen MR) is 84.8 cm³/mol. The number of benzene rings is 2. The van der Waals surface area contributed by atoms with Crippen molar-refractivity contribution in [3.05, 3.63) is 70.8 Å². The van der Waals surface area contributed by atoms with E-state index >= 15 is 0 Å². The molecule has 108 valence electrons. The molecule has 0 saturated heterocycles. The summed E-state index contributed by atoms with van der Waals surface area (Å²) in [5.41, 5.74) is 2.45. The molecule has 0 heterocycles. The maximum Gasteiger partial charge on any atom is 0.112 e. The molecule has 2 aromatic rings. The number of aliphatic hydroxyl groups is 1. The van der Waals surface area contributed by atoms with E-state index < -0.39 is 5.60 Å². The maximum atomic E-state index is 10.9. The molecular formula is C19H21NO. The fourth-order valence-corrected chi connectivity index (χ4v) is 2.51. The van der Waals surface area contributed by atoms with Gasteiger partial charge in [0.1, 0.15) is 5.60 Å². The van der Waals surface area contributed by atoms with Gasteiger partial charge in [0.2, 0.25) is 0 Å². The van der Waals surface area contributed by atoms with E-state index in [1.54, 1.807) is 19.1 Å². The van der Waals surface area contributed by atoms with Crippen molar-refractivity contribution in [2.45, 2.75) is 32.8 Å². The van der Waals surface area contributed by atoms with Gasteiger partial charge in [0.05, 0.1) is 11.6 Å². The number of nitriles is 1. The summed E-state index contributed by atoms with van der Waals surface area (Å²) in [6.45, 7) is 6.17. The van der Waals surface area contributed by atoms with E-state index in [1.807, 2.05) is 24.3 Å². The molecule has 21 heavy (non-hydrogen) atoms. The average Bonchev–Trinajstić information content (AvgIpc) is 2.47. The van der Waals surface area contributed by atoms with Gasteiger partial charge in [0, 0.05) is 0 Å². The molecule has 0 bridgehead atoms. The van der Waals surface area contributed by atoms with Gasteiger partial charge in [0.15, 0.2) is 0 Å². The summed E-state index contributed by atoms with van der Waals surface area (Å²) in [5, 5.41) is 19.8. The van der Waals surface area contributed by atoms with Crippen LogP contribution < -0.4 is 0 Å². The van der Waals surface area contributed by atoms with Gasteiger partial charge in [-0.2, -0.15) is 5.26 Å². The quantitative estimate of drug-likeness (QED) is 0.919. The lowest BCUT2D eigenvalue weighted by atomic mass is 9.86. The normalized spacial score (nSPS) is 13.7. The molecule has 2 nitrogen and oxygen atoms in total. The highest BCUT2D eigenvalue weighted by atomic mass is 16.3. The fourth-order valence-electron chi connectivity index (χ4n) is 2.51. The molecule has 1 unspecified atom stereocenters. The van der Waals surface area contributed by atoms with Crippen LogP contribution in [0.5, 0.6) is 0 Å². The van der Waals surface area contributed by atoms with E-state index in [1.165, 1.54) is 5.56 Å². The summed E-state index contributed by atoms with van der Waals surface area (Å²) in [6.07, 6.45) is 0.997. The standard InChI is InChI=1S/C19H21NO/c1-14(2)11-16-5-4-6-18(12-16)19(3,21)17-9-7-15(13-20)8-10-17/h4-10,12,14,21H,11H2,1-3H3. The molecule has 2 aromatic carbocycles. The van der Waals surface area contributed by atoms with Crippen LogP contribution in [0.25, 0.3) is 0 Å². The van der Waals surface area contributed by atoms with Gasteiger partial charge in [-0.25, -0.2) is 0 Å². The van der Waals surface area contributed by atoms with Crippen LogP contribution >= 0.6 is 0 Å².